The van der Waals surface area contributed by atoms with Crippen LogP contribution >= 0.6 is 0 Å². The lowest BCUT2D eigenvalue weighted by molar-refractivity contribution is -0.121. The van der Waals surface area contributed by atoms with Gasteiger partial charge in [-0.1, -0.05) is 30.3 Å². The summed E-state index contributed by atoms with van der Waals surface area (Å²) in [5, 5.41) is 2.78. The molecule has 0 saturated carbocycles. The number of sulfonamides is 1. The largest absolute Gasteiger partial charge is 0.352 e. The highest BCUT2D eigenvalue weighted by molar-refractivity contribution is 7.92. The maximum absolute atomic E-state index is 12.1. The van der Waals surface area contributed by atoms with E-state index in [2.05, 4.69) is 5.32 Å². The Kier molecular flexibility index (Phi) is 6.52. The van der Waals surface area contributed by atoms with Crippen LogP contribution in [-0.4, -0.2) is 32.9 Å². The summed E-state index contributed by atoms with van der Waals surface area (Å²) in [4.78, 5) is 23.4. The highest BCUT2D eigenvalue weighted by atomic mass is 32.2. The molecule has 26 heavy (non-hydrogen) atoms. The van der Waals surface area contributed by atoms with Crippen LogP contribution in [0.1, 0.15) is 29.3 Å². The minimum absolute atomic E-state index is 0.0267. The Bertz CT molecular complexity index is 862. The predicted molar refractivity (Wildman–Crippen MR) is 102 cm³/mol. The van der Waals surface area contributed by atoms with E-state index in [-0.39, 0.29) is 24.7 Å². The van der Waals surface area contributed by atoms with Gasteiger partial charge in [-0.25, -0.2) is 8.42 Å². The lowest BCUT2D eigenvalue weighted by Crippen LogP contribution is -2.34. The number of rotatable bonds is 8. The molecular weight excluding hydrogens is 352 g/mol. The summed E-state index contributed by atoms with van der Waals surface area (Å²) in [5.41, 5.74) is 1.90. The van der Waals surface area contributed by atoms with Gasteiger partial charge in [0.15, 0.2) is 5.78 Å². The van der Waals surface area contributed by atoms with Crippen molar-refractivity contribution in [3.63, 3.8) is 0 Å². The summed E-state index contributed by atoms with van der Waals surface area (Å²) in [6.07, 6.45) is 1.13. The average molecular weight is 374 g/mol. The quantitative estimate of drug-likeness (QED) is 0.719. The zero-order valence-corrected chi connectivity index (χ0v) is 15.6. The molecule has 6 nitrogen and oxygen atoms in total. The van der Waals surface area contributed by atoms with Gasteiger partial charge in [0.05, 0.1) is 11.9 Å². The van der Waals surface area contributed by atoms with Crippen molar-refractivity contribution in [2.45, 2.75) is 19.9 Å². The minimum Gasteiger partial charge on any atom is -0.352 e. The molecule has 0 unspecified atom stereocenters. The number of nitrogens with one attached hydrogen (secondary N) is 1. The van der Waals surface area contributed by atoms with Crippen molar-refractivity contribution in [1.29, 1.82) is 0 Å². The molecule has 2 rings (SSSR count). The summed E-state index contributed by atoms with van der Waals surface area (Å²) in [5.74, 6) is -0.328. The number of anilines is 1. The van der Waals surface area contributed by atoms with Gasteiger partial charge in [0.1, 0.15) is 0 Å². The highest BCUT2D eigenvalue weighted by Gasteiger charge is 2.18. The van der Waals surface area contributed by atoms with Gasteiger partial charge in [0, 0.05) is 25.1 Å². The van der Waals surface area contributed by atoms with Gasteiger partial charge < -0.3 is 5.32 Å². The zero-order chi connectivity index (χ0) is 19.2. The van der Waals surface area contributed by atoms with Crippen molar-refractivity contribution in [3.05, 3.63) is 65.7 Å². The van der Waals surface area contributed by atoms with E-state index in [4.69, 9.17) is 0 Å². The smallest absolute Gasteiger partial charge is 0.232 e. The molecule has 0 aliphatic carbocycles. The third-order valence-corrected chi connectivity index (χ3v) is 5.03. The number of amides is 1. The number of carbonyl (C=O) groups is 2. The van der Waals surface area contributed by atoms with Crippen LogP contribution in [0.4, 0.5) is 5.69 Å². The fourth-order valence-corrected chi connectivity index (χ4v) is 3.36. The molecule has 0 aromatic heterocycles. The Labute approximate surface area is 153 Å². The molecule has 138 valence electrons. The van der Waals surface area contributed by atoms with Crippen LogP contribution in [0, 0.1) is 0 Å². The zero-order valence-electron chi connectivity index (χ0n) is 14.8. The normalized spacial score (nSPS) is 11.0. The Balaban J connectivity index is 2.00. The van der Waals surface area contributed by atoms with Crippen molar-refractivity contribution in [3.8, 4) is 0 Å². The summed E-state index contributed by atoms with van der Waals surface area (Å²) >= 11 is 0. The Hall–Kier alpha value is -2.67. The summed E-state index contributed by atoms with van der Waals surface area (Å²) in [6, 6.07) is 15.8. The van der Waals surface area contributed by atoms with E-state index in [0.29, 0.717) is 17.8 Å². The monoisotopic (exact) mass is 374 g/mol. The van der Waals surface area contributed by atoms with Gasteiger partial charge >= 0.3 is 0 Å². The van der Waals surface area contributed by atoms with Gasteiger partial charge in [0.25, 0.3) is 0 Å². The fourth-order valence-electron chi connectivity index (χ4n) is 2.44. The second-order valence-corrected chi connectivity index (χ2v) is 7.86. The lowest BCUT2D eigenvalue weighted by Gasteiger charge is -2.22. The van der Waals surface area contributed by atoms with Crippen molar-refractivity contribution in [2.24, 2.45) is 0 Å². The third kappa shape index (κ3) is 5.70. The molecule has 2 aromatic rings. The van der Waals surface area contributed by atoms with E-state index in [1.54, 1.807) is 24.3 Å². The van der Waals surface area contributed by atoms with Crippen LogP contribution in [0.3, 0.4) is 0 Å². The summed E-state index contributed by atoms with van der Waals surface area (Å²) < 4.78 is 25.3. The van der Waals surface area contributed by atoms with Crippen molar-refractivity contribution in [1.82, 2.24) is 5.32 Å². The second kappa shape index (κ2) is 8.62. The van der Waals surface area contributed by atoms with Crippen LogP contribution in [0.2, 0.25) is 0 Å². The van der Waals surface area contributed by atoms with E-state index in [1.165, 1.54) is 11.2 Å². The molecule has 0 bridgehead atoms. The van der Waals surface area contributed by atoms with Crippen molar-refractivity contribution in [2.75, 3.05) is 17.1 Å². The van der Waals surface area contributed by atoms with E-state index in [9.17, 15) is 18.0 Å². The number of nitrogens with zero attached hydrogens (tertiary/aromatic N) is 1. The molecular formula is C19H22N2O4S. The molecule has 0 fully saturated rings. The van der Waals surface area contributed by atoms with Crippen molar-refractivity contribution >= 4 is 27.4 Å². The first-order valence-corrected chi connectivity index (χ1v) is 10.0. The molecule has 0 aliphatic heterocycles. The number of ketones is 1. The number of carbonyl (C=O) groups excluding carboxylic acids is 2. The third-order valence-electron chi connectivity index (χ3n) is 3.84. The van der Waals surface area contributed by atoms with Crippen molar-refractivity contribution < 1.29 is 18.0 Å². The summed E-state index contributed by atoms with van der Waals surface area (Å²) in [7, 11) is -3.55. The molecule has 0 heterocycles. The fraction of sp³-hybridized carbons (Fsp3) is 0.263. The molecule has 1 N–H and O–H groups in total. The molecule has 2 aromatic carbocycles. The first-order chi connectivity index (χ1) is 12.3. The Morgan fingerprint density at radius 2 is 1.62 bits per heavy atom. The maximum atomic E-state index is 12.1. The van der Waals surface area contributed by atoms with Crippen LogP contribution < -0.4 is 9.62 Å². The number of hydrogen-bond donors (Lipinski definition) is 1. The molecule has 0 atom stereocenters. The average Bonchev–Trinajstić information content (AvgIpc) is 2.60. The topological polar surface area (TPSA) is 83.6 Å². The predicted octanol–water partition coefficient (Wildman–Crippen LogP) is 2.36. The van der Waals surface area contributed by atoms with Gasteiger partial charge in [-0.15, -0.1) is 0 Å². The first kappa shape index (κ1) is 19.7. The Morgan fingerprint density at radius 1 is 1.00 bits per heavy atom. The Morgan fingerprint density at radius 3 is 2.15 bits per heavy atom. The van der Waals surface area contributed by atoms with Gasteiger partial charge in [-0.05, 0) is 36.8 Å². The molecule has 7 heteroatoms. The van der Waals surface area contributed by atoms with Gasteiger partial charge in [-0.2, -0.15) is 0 Å². The molecule has 0 aliphatic rings. The van der Waals surface area contributed by atoms with E-state index < -0.39 is 10.0 Å². The summed E-state index contributed by atoms with van der Waals surface area (Å²) in [6.45, 7) is 1.87. The minimum atomic E-state index is -3.55. The molecule has 0 saturated heterocycles. The van der Waals surface area contributed by atoms with Gasteiger partial charge in [-0.3, -0.25) is 13.9 Å². The first-order valence-electron chi connectivity index (χ1n) is 8.16. The van der Waals surface area contributed by atoms with Crippen LogP contribution in [0.25, 0.3) is 0 Å². The standard InChI is InChI=1S/C19H22N2O4S/c1-15(22)17-8-10-18(11-9-17)21(26(2,24)25)13-12-19(23)20-14-16-6-4-3-5-7-16/h3-11H,12-14H2,1-2H3,(H,20,23). The van der Waals surface area contributed by atoms with E-state index in [1.807, 2.05) is 30.3 Å². The second-order valence-electron chi connectivity index (χ2n) is 5.95. The van der Waals surface area contributed by atoms with Crippen LogP contribution in [0.5, 0.6) is 0 Å². The highest BCUT2D eigenvalue weighted by Crippen LogP contribution is 2.19. The van der Waals surface area contributed by atoms with E-state index in [0.717, 1.165) is 11.8 Å². The maximum Gasteiger partial charge on any atom is 0.232 e. The number of hydrogen-bond acceptors (Lipinski definition) is 4. The SMILES string of the molecule is CC(=O)c1ccc(N(CCC(=O)NCc2ccccc2)S(C)(=O)=O)cc1. The van der Waals surface area contributed by atoms with E-state index >= 15 is 0 Å². The van der Waals surface area contributed by atoms with Gasteiger partial charge in [0.2, 0.25) is 15.9 Å². The van der Waals surface area contributed by atoms with Crippen LogP contribution in [0.15, 0.2) is 54.6 Å². The molecule has 0 radical (unpaired) electrons. The van der Waals surface area contributed by atoms with Crippen LogP contribution in [-0.2, 0) is 21.4 Å². The molecule has 1 amide bonds. The molecule has 0 spiro atoms. The lowest BCUT2D eigenvalue weighted by atomic mass is 10.1. The number of Topliss-reactive ketones (excluding diaryl/α,β-unsaturated/α-hetero) is 1. The number of benzene rings is 2.